The lowest BCUT2D eigenvalue weighted by Gasteiger charge is -2.14. The van der Waals surface area contributed by atoms with Crippen molar-refractivity contribution in [2.75, 3.05) is 19.0 Å². The van der Waals surface area contributed by atoms with Crippen molar-refractivity contribution >= 4 is 15.8 Å². The molecule has 0 radical (unpaired) electrons. The zero-order valence-electron chi connectivity index (χ0n) is 14.2. The second-order valence-corrected chi connectivity index (χ2v) is 7.67. The number of nitrogens with one attached hydrogen (secondary N) is 1. The van der Waals surface area contributed by atoms with Gasteiger partial charge in [0.2, 0.25) is 10.0 Å². The van der Waals surface area contributed by atoms with Crippen LogP contribution in [-0.2, 0) is 16.6 Å². The topological polar surface area (TPSA) is 62.3 Å². The van der Waals surface area contributed by atoms with Gasteiger partial charge in [-0.05, 0) is 49.6 Å². The third-order valence-electron chi connectivity index (χ3n) is 3.61. The summed E-state index contributed by atoms with van der Waals surface area (Å²) in [6.45, 7) is 5.85. The Labute approximate surface area is 138 Å². The molecule has 2 rings (SSSR count). The minimum absolute atomic E-state index is 0.235. The maximum Gasteiger partial charge on any atom is 0.241 e. The van der Waals surface area contributed by atoms with E-state index in [1.807, 2.05) is 64.0 Å². The first kappa shape index (κ1) is 17.4. The second kappa shape index (κ2) is 6.68. The highest BCUT2D eigenvalue weighted by atomic mass is 32.2. The van der Waals surface area contributed by atoms with Crippen LogP contribution in [0.15, 0.2) is 35.4 Å². The maximum atomic E-state index is 12.6. The van der Waals surface area contributed by atoms with E-state index in [1.54, 1.807) is 6.20 Å². The van der Waals surface area contributed by atoms with E-state index in [9.17, 15) is 8.42 Å². The average Bonchev–Trinajstić information content (AvgIpc) is 2.44. The Balaban J connectivity index is 2.25. The van der Waals surface area contributed by atoms with Gasteiger partial charge in [-0.15, -0.1) is 0 Å². The quantitative estimate of drug-likeness (QED) is 0.913. The summed E-state index contributed by atoms with van der Waals surface area (Å²) in [4.78, 5) is 6.48. The first-order valence-corrected chi connectivity index (χ1v) is 8.89. The molecule has 0 saturated carbocycles. The number of anilines is 1. The van der Waals surface area contributed by atoms with Crippen LogP contribution in [-0.4, -0.2) is 27.5 Å². The number of hydrogen-bond donors (Lipinski definition) is 1. The molecule has 0 atom stereocenters. The molecule has 0 aliphatic carbocycles. The van der Waals surface area contributed by atoms with Gasteiger partial charge in [-0.1, -0.05) is 17.7 Å². The third kappa shape index (κ3) is 4.09. The Morgan fingerprint density at radius 2 is 1.70 bits per heavy atom. The molecule has 0 unspecified atom stereocenters. The Kier molecular flexibility index (Phi) is 5.06. The predicted molar refractivity (Wildman–Crippen MR) is 93.2 cm³/mol. The number of nitrogens with zero attached hydrogens (tertiary/aromatic N) is 2. The van der Waals surface area contributed by atoms with E-state index in [2.05, 4.69) is 9.71 Å². The molecular formula is C17H23N3O2S. The van der Waals surface area contributed by atoms with Gasteiger partial charge in [0, 0.05) is 26.8 Å². The fraction of sp³-hybridized carbons (Fsp3) is 0.353. The molecule has 0 spiro atoms. The van der Waals surface area contributed by atoms with Crippen molar-refractivity contribution in [3.05, 3.63) is 52.7 Å². The lowest BCUT2D eigenvalue weighted by atomic mass is 10.1. The van der Waals surface area contributed by atoms with Crippen molar-refractivity contribution in [3.63, 3.8) is 0 Å². The normalized spacial score (nSPS) is 11.5. The molecule has 0 saturated heterocycles. The molecular weight excluding hydrogens is 310 g/mol. The van der Waals surface area contributed by atoms with E-state index in [4.69, 9.17) is 0 Å². The predicted octanol–water partition coefficient (Wildman–Crippen LogP) is 2.55. The molecule has 0 amide bonds. The zero-order valence-corrected chi connectivity index (χ0v) is 15.0. The summed E-state index contributed by atoms with van der Waals surface area (Å²) in [5.74, 6) is 0.796. The molecule has 1 N–H and O–H groups in total. The van der Waals surface area contributed by atoms with E-state index in [-0.39, 0.29) is 6.54 Å². The molecule has 1 aromatic heterocycles. The van der Waals surface area contributed by atoms with Crippen LogP contribution in [0.5, 0.6) is 0 Å². The van der Waals surface area contributed by atoms with E-state index in [0.717, 1.165) is 28.1 Å². The number of aryl methyl sites for hydroxylation is 3. The van der Waals surface area contributed by atoms with E-state index < -0.39 is 10.0 Å². The molecule has 6 heteroatoms. The molecule has 0 aliphatic rings. The molecule has 0 bridgehead atoms. The SMILES string of the molecule is Cc1cc(C)c(S(=O)(=O)NCc2ccnc(N(C)C)c2)c(C)c1. The van der Waals surface area contributed by atoms with Crippen molar-refractivity contribution in [2.45, 2.75) is 32.2 Å². The Bertz CT molecular complexity index is 791. The van der Waals surface area contributed by atoms with Gasteiger partial charge in [-0.3, -0.25) is 0 Å². The van der Waals surface area contributed by atoms with Crippen molar-refractivity contribution in [1.29, 1.82) is 0 Å². The number of benzene rings is 1. The number of sulfonamides is 1. The smallest absolute Gasteiger partial charge is 0.241 e. The summed E-state index contributed by atoms with van der Waals surface area (Å²) in [5.41, 5.74) is 3.45. The second-order valence-electron chi connectivity index (χ2n) is 5.97. The molecule has 2 aromatic rings. The van der Waals surface area contributed by atoms with Crippen LogP contribution in [0.2, 0.25) is 0 Å². The molecule has 124 valence electrons. The van der Waals surface area contributed by atoms with Crippen LogP contribution in [0.25, 0.3) is 0 Å². The zero-order chi connectivity index (χ0) is 17.2. The maximum absolute atomic E-state index is 12.6. The van der Waals surface area contributed by atoms with E-state index >= 15 is 0 Å². The molecule has 5 nitrogen and oxygen atoms in total. The van der Waals surface area contributed by atoms with Crippen LogP contribution in [0.4, 0.5) is 5.82 Å². The average molecular weight is 333 g/mol. The van der Waals surface area contributed by atoms with Crippen LogP contribution >= 0.6 is 0 Å². The minimum atomic E-state index is -3.55. The van der Waals surface area contributed by atoms with Gasteiger partial charge in [-0.2, -0.15) is 0 Å². The van der Waals surface area contributed by atoms with Gasteiger partial charge in [0.25, 0.3) is 0 Å². The highest BCUT2D eigenvalue weighted by Crippen LogP contribution is 2.22. The fourth-order valence-corrected chi connectivity index (χ4v) is 4.12. The molecule has 23 heavy (non-hydrogen) atoms. The van der Waals surface area contributed by atoms with Crippen molar-refractivity contribution < 1.29 is 8.42 Å². The van der Waals surface area contributed by atoms with E-state index in [0.29, 0.717) is 4.90 Å². The summed E-state index contributed by atoms with van der Waals surface area (Å²) in [7, 11) is 0.243. The third-order valence-corrected chi connectivity index (χ3v) is 5.31. The van der Waals surface area contributed by atoms with Crippen LogP contribution in [0.3, 0.4) is 0 Å². The van der Waals surface area contributed by atoms with Gasteiger partial charge in [0.15, 0.2) is 0 Å². The molecule has 0 aliphatic heterocycles. The van der Waals surface area contributed by atoms with Gasteiger partial charge in [-0.25, -0.2) is 18.1 Å². The molecule has 1 heterocycles. The lowest BCUT2D eigenvalue weighted by molar-refractivity contribution is 0.580. The largest absolute Gasteiger partial charge is 0.363 e. The van der Waals surface area contributed by atoms with Gasteiger partial charge in [0.05, 0.1) is 4.90 Å². The van der Waals surface area contributed by atoms with Crippen LogP contribution < -0.4 is 9.62 Å². The Hall–Kier alpha value is -1.92. The minimum Gasteiger partial charge on any atom is -0.363 e. The number of pyridine rings is 1. The first-order chi connectivity index (χ1) is 10.7. The highest BCUT2D eigenvalue weighted by molar-refractivity contribution is 7.89. The standard InChI is InChI=1S/C17H23N3O2S/c1-12-8-13(2)17(14(3)9-12)23(21,22)19-11-15-6-7-18-16(10-15)20(4)5/h6-10,19H,11H2,1-5H3. The van der Waals surface area contributed by atoms with Crippen LogP contribution in [0.1, 0.15) is 22.3 Å². The van der Waals surface area contributed by atoms with Crippen LogP contribution in [0, 0.1) is 20.8 Å². The Morgan fingerprint density at radius 1 is 1.09 bits per heavy atom. The van der Waals surface area contributed by atoms with E-state index in [1.165, 1.54) is 0 Å². The number of aromatic nitrogens is 1. The Morgan fingerprint density at radius 3 is 2.26 bits per heavy atom. The fourth-order valence-electron chi connectivity index (χ4n) is 2.66. The number of hydrogen-bond acceptors (Lipinski definition) is 4. The highest BCUT2D eigenvalue weighted by Gasteiger charge is 2.19. The molecule has 1 aromatic carbocycles. The van der Waals surface area contributed by atoms with Gasteiger partial charge < -0.3 is 4.90 Å². The summed E-state index contributed by atoms with van der Waals surface area (Å²) in [6.07, 6.45) is 1.68. The van der Waals surface area contributed by atoms with Crippen molar-refractivity contribution in [3.8, 4) is 0 Å². The molecule has 0 fully saturated rings. The monoisotopic (exact) mass is 333 g/mol. The summed E-state index contributed by atoms with van der Waals surface area (Å²) in [5, 5.41) is 0. The van der Waals surface area contributed by atoms with Crippen molar-refractivity contribution in [2.24, 2.45) is 0 Å². The lowest BCUT2D eigenvalue weighted by Crippen LogP contribution is -2.25. The first-order valence-electron chi connectivity index (χ1n) is 7.40. The van der Waals surface area contributed by atoms with Crippen molar-refractivity contribution in [1.82, 2.24) is 9.71 Å². The summed E-state index contributed by atoms with van der Waals surface area (Å²) < 4.78 is 28.0. The van der Waals surface area contributed by atoms with Gasteiger partial charge >= 0.3 is 0 Å². The number of rotatable bonds is 5. The summed E-state index contributed by atoms with van der Waals surface area (Å²) in [6, 6.07) is 7.46. The summed E-state index contributed by atoms with van der Waals surface area (Å²) >= 11 is 0. The van der Waals surface area contributed by atoms with Gasteiger partial charge in [0.1, 0.15) is 5.82 Å².